The first-order valence-electron chi connectivity index (χ1n) is 7.72. The summed E-state index contributed by atoms with van der Waals surface area (Å²) in [4.78, 5) is 24.2. The normalized spacial score (nSPS) is 20.4. The summed E-state index contributed by atoms with van der Waals surface area (Å²) in [7, 11) is 1.60. The van der Waals surface area contributed by atoms with Crippen molar-refractivity contribution in [1.29, 1.82) is 0 Å². The standard InChI is InChI=1S/C20H17ClO3/c1-24-17-7-5-13(6-8-17)19-10-15(12-22)18(11-20(19)23)14-3-2-4-16(21)9-14/h2-10,12,15,18H,11H2,1H3/t15?,18-/m0/s1. The zero-order valence-corrected chi connectivity index (χ0v) is 14.0. The van der Waals surface area contributed by atoms with Crippen LogP contribution >= 0.6 is 11.6 Å². The number of allylic oxidation sites excluding steroid dienone is 2. The Morgan fingerprint density at radius 2 is 1.92 bits per heavy atom. The summed E-state index contributed by atoms with van der Waals surface area (Å²) in [5.41, 5.74) is 2.31. The maximum Gasteiger partial charge on any atom is 0.163 e. The summed E-state index contributed by atoms with van der Waals surface area (Å²) in [5, 5.41) is 0.606. The van der Waals surface area contributed by atoms with Crippen molar-refractivity contribution in [2.45, 2.75) is 12.3 Å². The lowest BCUT2D eigenvalue weighted by molar-refractivity contribution is -0.115. The van der Waals surface area contributed by atoms with Gasteiger partial charge < -0.3 is 9.53 Å². The number of ether oxygens (including phenoxy) is 1. The molecule has 2 aromatic carbocycles. The van der Waals surface area contributed by atoms with Gasteiger partial charge in [-0.3, -0.25) is 4.79 Å². The van der Waals surface area contributed by atoms with Crippen molar-refractivity contribution in [2.75, 3.05) is 7.11 Å². The molecule has 0 N–H and O–H groups in total. The van der Waals surface area contributed by atoms with Gasteiger partial charge in [0.05, 0.1) is 7.11 Å². The topological polar surface area (TPSA) is 43.4 Å². The molecule has 1 aliphatic rings. The molecule has 0 aromatic heterocycles. The number of aldehydes is 1. The number of carbonyl (C=O) groups is 2. The molecule has 0 amide bonds. The molecule has 1 aliphatic carbocycles. The van der Waals surface area contributed by atoms with Crippen molar-refractivity contribution in [1.82, 2.24) is 0 Å². The highest BCUT2D eigenvalue weighted by Crippen LogP contribution is 2.38. The van der Waals surface area contributed by atoms with Gasteiger partial charge in [-0.05, 0) is 35.4 Å². The van der Waals surface area contributed by atoms with E-state index in [1.54, 1.807) is 19.3 Å². The lowest BCUT2D eigenvalue weighted by Crippen LogP contribution is -2.23. The molecule has 0 saturated carbocycles. The first kappa shape index (κ1) is 16.5. The fourth-order valence-corrected chi connectivity index (χ4v) is 3.29. The third-order valence-corrected chi connectivity index (χ3v) is 4.60. The molecule has 0 radical (unpaired) electrons. The highest BCUT2D eigenvalue weighted by atomic mass is 35.5. The molecule has 2 aromatic rings. The van der Waals surface area contributed by atoms with E-state index in [0.717, 1.165) is 23.2 Å². The summed E-state index contributed by atoms with van der Waals surface area (Å²) >= 11 is 6.04. The van der Waals surface area contributed by atoms with Crippen LogP contribution in [0.15, 0.2) is 54.6 Å². The number of hydrogen-bond acceptors (Lipinski definition) is 3. The van der Waals surface area contributed by atoms with Gasteiger partial charge in [-0.1, -0.05) is 41.9 Å². The number of rotatable bonds is 4. The van der Waals surface area contributed by atoms with Crippen LogP contribution in [0.4, 0.5) is 0 Å². The van der Waals surface area contributed by atoms with Crippen LogP contribution in [0.25, 0.3) is 5.57 Å². The van der Waals surface area contributed by atoms with Gasteiger partial charge in [0.25, 0.3) is 0 Å². The Bertz CT molecular complexity index is 793. The minimum Gasteiger partial charge on any atom is -0.497 e. The lowest BCUT2D eigenvalue weighted by atomic mass is 9.75. The van der Waals surface area contributed by atoms with Gasteiger partial charge in [0.1, 0.15) is 12.0 Å². The van der Waals surface area contributed by atoms with E-state index < -0.39 is 0 Å². The largest absolute Gasteiger partial charge is 0.497 e. The van der Waals surface area contributed by atoms with Crippen molar-refractivity contribution in [3.63, 3.8) is 0 Å². The van der Waals surface area contributed by atoms with Gasteiger partial charge >= 0.3 is 0 Å². The average Bonchev–Trinajstić information content (AvgIpc) is 2.61. The van der Waals surface area contributed by atoms with Crippen LogP contribution in [0, 0.1) is 5.92 Å². The first-order chi connectivity index (χ1) is 11.6. The molecule has 4 heteroatoms. The molecule has 0 saturated heterocycles. The molecule has 2 atom stereocenters. The molecule has 0 bridgehead atoms. The van der Waals surface area contributed by atoms with Crippen LogP contribution in [-0.2, 0) is 9.59 Å². The Balaban J connectivity index is 1.95. The Hall–Kier alpha value is -2.39. The Morgan fingerprint density at radius 1 is 1.17 bits per heavy atom. The number of ketones is 1. The van der Waals surface area contributed by atoms with E-state index >= 15 is 0 Å². The second-order valence-electron chi connectivity index (χ2n) is 5.81. The fourth-order valence-electron chi connectivity index (χ4n) is 3.09. The number of halogens is 1. The molecule has 3 nitrogen and oxygen atoms in total. The Labute approximate surface area is 145 Å². The van der Waals surface area contributed by atoms with Gasteiger partial charge in [0, 0.05) is 28.9 Å². The van der Waals surface area contributed by atoms with Crippen molar-refractivity contribution >= 4 is 29.2 Å². The van der Waals surface area contributed by atoms with Crippen molar-refractivity contribution < 1.29 is 14.3 Å². The molecule has 0 aliphatic heterocycles. The monoisotopic (exact) mass is 340 g/mol. The maximum absolute atomic E-state index is 12.6. The molecule has 0 fully saturated rings. The maximum atomic E-state index is 12.6. The number of Topliss-reactive ketones (excluding diaryl/α,β-unsaturated/α-hetero) is 1. The van der Waals surface area contributed by atoms with Gasteiger partial charge in [0.2, 0.25) is 0 Å². The van der Waals surface area contributed by atoms with Crippen LogP contribution in [-0.4, -0.2) is 19.2 Å². The van der Waals surface area contributed by atoms with Gasteiger partial charge in [-0.15, -0.1) is 0 Å². The SMILES string of the molecule is COc1ccc(C2=CC(C=O)[C@H](c3cccc(Cl)c3)CC2=O)cc1. The molecule has 0 heterocycles. The van der Waals surface area contributed by atoms with E-state index in [9.17, 15) is 9.59 Å². The zero-order chi connectivity index (χ0) is 17.1. The third-order valence-electron chi connectivity index (χ3n) is 4.36. The average molecular weight is 341 g/mol. The van der Waals surface area contributed by atoms with Crippen molar-refractivity contribution in [2.24, 2.45) is 5.92 Å². The van der Waals surface area contributed by atoms with E-state index in [-0.39, 0.29) is 17.6 Å². The van der Waals surface area contributed by atoms with Crippen LogP contribution in [0.5, 0.6) is 5.75 Å². The minimum atomic E-state index is -0.349. The van der Waals surface area contributed by atoms with E-state index in [1.807, 2.05) is 42.5 Å². The summed E-state index contributed by atoms with van der Waals surface area (Å²) in [6.07, 6.45) is 2.97. The summed E-state index contributed by atoms with van der Waals surface area (Å²) < 4.78 is 5.14. The molecular weight excluding hydrogens is 324 g/mol. The summed E-state index contributed by atoms with van der Waals surface area (Å²) in [5.74, 6) is 0.239. The lowest BCUT2D eigenvalue weighted by Gasteiger charge is -2.26. The third kappa shape index (κ3) is 3.26. The second-order valence-corrected chi connectivity index (χ2v) is 6.25. The fraction of sp³-hybridized carbons (Fsp3) is 0.200. The molecule has 24 heavy (non-hydrogen) atoms. The second kappa shape index (κ2) is 7.02. The predicted molar refractivity (Wildman–Crippen MR) is 94.3 cm³/mol. The number of carbonyl (C=O) groups excluding carboxylic acids is 2. The van der Waals surface area contributed by atoms with E-state index in [4.69, 9.17) is 16.3 Å². The van der Waals surface area contributed by atoms with Crippen LogP contribution in [0.2, 0.25) is 5.02 Å². The molecule has 0 spiro atoms. The molecule has 3 rings (SSSR count). The van der Waals surface area contributed by atoms with E-state index in [2.05, 4.69) is 0 Å². The summed E-state index contributed by atoms with van der Waals surface area (Å²) in [6.45, 7) is 0. The molecule has 1 unspecified atom stereocenters. The number of hydrogen-bond donors (Lipinski definition) is 0. The van der Waals surface area contributed by atoms with Gasteiger partial charge in [-0.25, -0.2) is 0 Å². The zero-order valence-electron chi connectivity index (χ0n) is 13.2. The van der Waals surface area contributed by atoms with E-state index in [0.29, 0.717) is 17.0 Å². The highest BCUT2D eigenvalue weighted by molar-refractivity contribution is 6.30. The smallest absolute Gasteiger partial charge is 0.163 e. The van der Waals surface area contributed by atoms with Gasteiger partial charge in [-0.2, -0.15) is 0 Å². The van der Waals surface area contributed by atoms with Crippen LogP contribution < -0.4 is 4.74 Å². The minimum absolute atomic E-state index is 0.0308. The Kier molecular flexibility index (Phi) is 4.81. The predicted octanol–water partition coefficient (Wildman–Crippen LogP) is 4.30. The van der Waals surface area contributed by atoms with Crippen LogP contribution in [0.1, 0.15) is 23.5 Å². The molecule has 122 valence electrons. The van der Waals surface area contributed by atoms with E-state index in [1.165, 1.54) is 0 Å². The number of methoxy groups -OCH3 is 1. The molecular formula is C20H17ClO3. The van der Waals surface area contributed by atoms with Crippen LogP contribution in [0.3, 0.4) is 0 Å². The van der Waals surface area contributed by atoms with Gasteiger partial charge in [0.15, 0.2) is 5.78 Å². The Morgan fingerprint density at radius 3 is 2.54 bits per heavy atom. The first-order valence-corrected chi connectivity index (χ1v) is 8.10. The van der Waals surface area contributed by atoms with Crippen molar-refractivity contribution in [3.8, 4) is 5.75 Å². The highest BCUT2D eigenvalue weighted by Gasteiger charge is 2.31. The quantitative estimate of drug-likeness (QED) is 0.779. The number of benzene rings is 2. The van der Waals surface area contributed by atoms with Crippen molar-refractivity contribution in [3.05, 3.63) is 70.8 Å². The summed E-state index contributed by atoms with van der Waals surface area (Å²) in [6, 6.07) is 14.6.